The van der Waals surface area contributed by atoms with Gasteiger partial charge in [0.15, 0.2) is 0 Å². The number of benzene rings is 2. The Balaban J connectivity index is 0.000000471. The fourth-order valence-electron chi connectivity index (χ4n) is 6.97. The predicted molar refractivity (Wildman–Crippen MR) is 197 cm³/mol. The molecular weight excluding hydrogens is 796 g/mol. The van der Waals surface area contributed by atoms with Crippen LogP contribution in [0.1, 0.15) is 40.7 Å². The number of alkyl halides is 6. The number of likely N-dealkylation sites (tertiary alicyclic amines) is 1. The lowest BCUT2D eigenvalue weighted by Gasteiger charge is -2.34. The van der Waals surface area contributed by atoms with Gasteiger partial charge in [0.1, 0.15) is 12.4 Å². The van der Waals surface area contributed by atoms with Crippen LogP contribution in [0, 0.1) is 5.92 Å². The van der Waals surface area contributed by atoms with Crippen LogP contribution in [0.2, 0.25) is 0 Å². The molecule has 2 aliphatic heterocycles. The minimum absolute atomic E-state index is 0.0471. The molecule has 1 aliphatic carbocycles. The molecule has 3 heterocycles. The number of anilines is 2. The molecule has 1 unspecified atom stereocenters. The Labute approximate surface area is 332 Å². The number of rotatable bonds is 9. The Morgan fingerprint density at radius 3 is 2.08 bits per heavy atom. The molecule has 4 amide bonds. The molecule has 7 N–H and O–H groups in total. The Morgan fingerprint density at radius 1 is 0.915 bits per heavy atom. The summed E-state index contributed by atoms with van der Waals surface area (Å²) in [6.45, 7) is 1.71. The summed E-state index contributed by atoms with van der Waals surface area (Å²) in [5, 5.41) is 23.3. The second-order valence-electron chi connectivity index (χ2n) is 13.8. The monoisotopic (exact) mass is 837 g/mol. The van der Waals surface area contributed by atoms with Crippen molar-refractivity contribution in [2.45, 2.75) is 56.5 Å². The summed E-state index contributed by atoms with van der Waals surface area (Å²) in [6, 6.07) is 17.4. The highest BCUT2D eigenvalue weighted by atomic mass is 19.4. The van der Waals surface area contributed by atoms with Crippen LogP contribution < -0.4 is 21.7 Å². The van der Waals surface area contributed by atoms with Gasteiger partial charge in [-0.3, -0.25) is 19.2 Å². The van der Waals surface area contributed by atoms with Crippen molar-refractivity contribution < 1.29 is 65.3 Å². The molecule has 59 heavy (non-hydrogen) atoms. The van der Waals surface area contributed by atoms with E-state index in [4.69, 9.17) is 25.5 Å². The average Bonchev–Trinajstić information content (AvgIpc) is 3.70. The molecule has 1 atom stereocenters. The fourth-order valence-corrected chi connectivity index (χ4v) is 6.97. The van der Waals surface area contributed by atoms with Crippen molar-refractivity contribution in [3.8, 4) is 0 Å². The number of carboxylic acid groups (broad SMARTS) is 2. The molecule has 1 fully saturated rings. The van der Waals surface area contributed by atoms with Crippen LogP contribution in [0.25, 0.3) is 0 Å². The number of fused-ring (bicyclic) bond motifs is 3. The van der Waals surface area contributed by atoms with E-state index in [1.54, 1.807) is 16.0 Å². The topological polar surface area (TPSA) is 224 Å². The maximum absolute atomic E-state index is 13.9. The van der Waals surface area contributed by atoms with Crippen molar-refractivity contribution in [1.82, 2.24) is 20.1 Å². The Morgan fingerprint density at radius 2 is 1.51 bits per heavy atom. The van der Waals surface area contributed by atoms with E-state index in [9.17, 15) is 45.5 Å². The summed E-state index contributed by atoms with van der Waals surface area (Å²) in [5.41, 5.74) is 10.5. The lowest BCUT2D eigenvalue weighted by Crippen LogP contribution is -2.47. The van der Waals surface area contributed by atoms with E-state index in [1.807, 2.05) is 61.6 Å². The molecule has 3 aromatic rings. The number of hydrogen-bond acceptors (Lipinski definition) is 9. The minimum Gasteiger partial charge on any atom is -0.475 e. The Bertz CT molecular complexity index is 2030. The number of carboxylic acids is 2. The first kappa shape index (κ1) is 45.6. The van der Waals surface area contributed by atoms with E-state index >= 15 is 0 Å². The van der Waals surface area contributed by atoms with Crippen molar-refractivity contribution >= 4 is 47.1 Å². The number of nitrogens with two attached hydrogens (primary N) is 1. The highest BCUT2D eigenvalue weighted by molar-refractivity contribution is 6.06. The molecule has 1 aromatic heterocycles. The van der Waals surface area contributed by atoms with E-state index in [-0.39, 0.29) is 42.6 Å². The van der Waals surface area contributed by atoms with Gasteiger partial charge in [-0.2, -0.15) is 26.3 Å². The first-order chi connectivity index (χ1) is 27.7. The smallest absolute Gasteiger partial charge is 0.475 e. The van der Waals surface area contributed by atoms with Crippen LogP contribution in [-0.4, -0.2) is 106 Å². The molecule has 2 aromatic carbocycles. The number of piperidine rings is 1. The fraction of sp³-hybridized carbons (Fsp3) is 0.395. The van der Waals surface area contributed by atoms with Crippen molar-refractivity contribution in [2.75, 3.05) is 43.9 Å². The third-order valence-corrected chi connectivity index (χ3v) is 9.81. The van der Waals surface area contributed by atoms with Crippen LogP contribution in [0.4, 0.5) is 37.8 Å². The molecule has 1 saturated heterocycles. The lowest BCUT2D eigenvalue weighted by atomic mass is 9.79. The van der Waals surface area contributed by atoms with Crippen molar-refractivity contribution in [2.24, 2.45) is 11.7 Å². The van der Waals surface area contributed by atoms with Crippen LogP contribution in [0.3, 0.4) is 0 Å². The first-order valence-electron chi connectivity index (χ1n) is 18.0. The quantitative estimate of drug-likeness (QED) is 0.172. The second kappa shape index (κ2) is 19.1. The standard InChI is InChI=1S/C34H39N7O4.2C2HF3O2/c1-36-19-24-5-2-3-6-25(24)20-41(32(44)22-10-13-40(14-11-22)30(43)18-35)21-29(42)38-27-9-8-23-16-34(17-26(23)15-27)28-7-4-12-37-31(28)39-33(34)45;2*3-2(4,5)1(6)7/h2-9,12,15,22,36H,10-11,13-14,16-21,35H2,1H3,(H,38,42)(H,37,39,45);2*(H,6,7). The number of nitrogens with zero attached hydrogens (tertiary/aromatic N) is 3. The number of aliphatic carboxylic acids is 2. The third kappa shape index (κ3) is 11.5. The number of pyridine rings is 1. The highest BCUT2D eigenvalue weighted by Gasteiger charge is 2.51. The van der Waals surface area contributed by atoms with E-state index in [0.29, 0.717) is 63.4 Å². The van der Waals surface area contributed by atoms with Crippen molar-refractivity contribution in [1.29, 1.82) is 0 Å². The molecule has 0 bridgehead atoms. The van der Waals surface area contributed by atoms with Gasteiger partial charge in [-0.15, -0.1) is 0 Å². The summed E-state index contributed by atoms with van der Waals surface area (Å²) in [4.78, 5) is 78.0. The molecule has 0 saturated carbocycles. The summed E-state index contributed by atoms with van der Waals surface area (Å²) in [6.07, 6.45) is -6.34. The SMILES string of the molecule is CNCc1ccccc1CN(CC(=O)Nc1ccc2c(c1)CC1(C2)C(=O)Nc2ncccc21)C(=O)C1CCN(C(=O)CN)CC1.O=C(O)C(F)(F)F.O=C(O)C(F)(F)F. The average molecular weight is 838 g/mol. The summed E-state index contributed by atoms with van der Waals surface area (Å²) < 4.78 is 63.5. The molecule has 6 rings (SSSR count). The Hall–Kier alpha value is -6.09. The lowest BCUT2D eigenvalue weighted by molar-refractivity contribution is -0.193. The first-order valence-corrected chi connectivity index (χ1v) is 18.0. The van der Waals surface area contributed by atoms with Gasteiger partial charge >= 0.3 is 24.3 Å². The van der Waals surface area contributed by atoms with Gasteiger partial charge in [0.2, 0.25) is 23.6 Å². The molecule has 1 spiro atoms. The number of carbonyl (C=O) groups is 6. The van der Waals surface area contributed by atoms with Crippen molar-refractivity contribution in [3.63, 3.8) is 0 Å². The van der Waals surface area contributed by atoms with Crippen molar-refractivity contribution in [3.05, 3.63) is 88.6 Å². The van der Waals surface area contributed by atoms with Crippen LogP contribution in [0.5, 0.6) is 0 Å². The maximum Gasteiger partial charge on any atom is 0.490 e. The summed E-state index contributed by atoms with van der Waals surface area (Å²) in [5.74, 6) is -5.76. The van der Waals surface area contributed by atoms with Gasteiger partial charge < -0.3 is 41.7 Å². The normalized spacial score (nSPS) is 17.0. The highest BCUT2D eigenvalue weighted by Crippen LogP contribution is 2.47. The van der Waals surface area contributed by atoms with Gasteiger partial charge in [-0.1, -0.05) is 36.4 Å². The largest absolute Gasteiger partial charge is 0.490 e. The minimum atomic E-state index is -5.08. The zero-order valence-corrected chi connectivity index (χ0v) is 31.5. The molecule has 21 heteroatoms. The number of aromatic nitrogens is 1. The van der Waals surface area contributed by atoms with Gasteiger partial charge in [-0.05, 0) is 73.2 Å². The number of nitrogens with one attached hydrogen (secondary N) is 3. The number of halogens is 6. The summed E-state index contributed by atoms with van der Waals surface area (Å²) >= 11 is 0. The number of hydrogen-bond donors (Lipinski definition) is 6. The third-order valence-electron chi connectivity index (χ3n) is 9.81. The van der Waals surface area contributed by atoms with Crippen LogP contribution in [0.15, 0.2) is 60.8 Å². The van der Waals surface area contributed by atoms with Gasteiger partial charge in [0, 0.05) is 49.5 Å². The van der Waals surface area contributed by atoms with E-state index < -0.39 is 29.7 Å². The zero-order chi connectivity index (χ0) is 43.7. The van der Waals surface area contributed by atoms with Gasteiger partial charge in [0.25, 0.3) is 0 Å². The van der Waals surface area contributed by atoms with E-state index in [0.717, 1.165) is 27.8 Å². The van der Waals surface area contributed by atoms with E-state index in [2.05, 4.69) is 20.9 Å². The number of carbonyl (C=O) groups excluding carboxylic acids is 4. The Kier molecular flexibility index (Phi) is 14.8. The summed E-state index contributed by atoms with van der Waals surface area (Å²) in [7, 11) is 1.87. The van der Waals surface area contributed by atoms with Crippen LogP contribution >= 0.6 is 0 Å². The molecule has 318 valence electrons. The number of amides is 4. The second-order valence-corrected chi connectivity index (χ2v) is 13.8. The van der Waals surface area contributed by atoms with Crippen LogP contribution in [-0.2, 0) is 60.1 Å². The predicted octanol–water partition coefficient (Wildman–Crippen LogP) is 3.22. The van der Waals surface area contributed by atoms with Gasteiger partial charge in [-0.25, -0.2) is 14.6 Å². The van der Waals surface area contributed by atoms with E-state index in [1.165, 1.54) is 0 Å². The molecule has 0 radical (unpaired) electrons. The molecule has 15 nitrogen and oxygen atoms in total. The molecule has 3 aliphatic rings. The molecular formula is C38H41F6N7O8. The van der Waals surface area contributed by atoms with Gasteiger partial charge in [0.05, 0.1) is 12.0 Å². The zero-order valence-electron chi connectivity index (χ0n) is 31.5. The maximum atomic E-state index is 13.9.